The number of carbonyl (C=O) groups excluding carboxylic acids is 1. The van der Waals surface area contributed by atoms with E-state index in [1.165, 1.54) is 6.26 Å². The van der Waals surface area contributed by atoms with Gasteiger partial charge in [0.1, 0.15) is 17.3 Å². The number of furan rings is 1. The number of benzene rings is 2. The number of hydrogen-bond donors (Lipinski definition) is 1. The van der Waals surface area contributed by atoms with Crippen LogP contribution in [0.15, 0.2) is 71.3 Å². The first kappa shape index (κ1) is 13.9. The van der Waals surface area contributed by atoms with Gasteiger partial charge in [-0.25, -0.2) is 0 Å². The summed E-state index contributed by atoms with van der Waals surface area (Å²) in [5.74, 6) is 1.79. The number of hydrogen-bond acceptors (Lipinski definition) is 3. The van der Waals surface area contributed by atoms with E-state index in [4.69, 9.17) is 9.15 Å². The second-order valence-corrected chi connectivity index (χ2v) is 4.79. The number of nitrogens with one attached hydrogen (secondary N) is 1. The molecule has 0 aliphatic heterocycles. The lowest BCUT2D eigenvalue weighted by Gasteiger charge is -2.08. The van der Waals surface area contributed by atoms with Gasteiger partial charge in [0.2, 0.25) is 0 Å². The second kappa shape index (κ2) is 6.18. The maximum atomic E-state index is 12.2. The van der Waals surface area contributed by atoms with Crippen LogP contribution in [-0.2, 0) is 0 Å². The summed E-state index contributed by atoms with van der Waals surface area (Å²) in [7, 11) is 0. The van der Waals surface area contributed by atoms with Crippen LogP contribution >= 0.6 is 0 Å². The van der Waals surface area contributed by atoms with Crippen molar-refractivity contribution in [2.45, 2.75) is 6.92 Å². The molecule has 1 N–H and O–H groups in total. The summed E-state index contributed by atoms with van der Waals surface area (Å²) in [5, 5.41) is 2.83. The fraction of sp³-hybridized carbons (Fsp3) is 0.0556. The van der Waals surface area contributed by atoms with Gasteiger partial charge >= 0.3 is 0 Å². The van der Waals surface area contributed by atoms with E-state index >= 15 is 0 Å². The van der Waals surface area contributed by atoms with Crippen LogP contribution in [0.4, 0.5) is 5.69 Å². The highest BCUT2D eigenvalue weighted by atomic mass is 16.5. The smallest absolute Gasteiger partial charge is 0.259 e. The van der Waals surface area contributed by atoms with Crippen LogP contribution in [0.1, 0.15) is 16.1 Å². The van der Waals surface area contributed by atoms with E-state index in [0.717, 1.165) is 5.75 Å². The molecular formula is C18H15NO3. The van der Waals surface area contributed by atoms with E-state index in [2.05, 4.69) is 5.32 Å². The molecule has 4 heteroatoms. The van der Waals surface area contributed by atoms with Crippen molar-refractivity contribution in [3.63, 3.8) is 0 Å². The number of aryl methyl sites for hydroxylation is 1. The van der Waals surface area contributed by atoms with Crippen LogP contribution in [0.3, 0.4) is 0 Å². The standard InChI is InChI=1S/C18H15NO3/c1-13-17(10-11-21-13)18(20)19-14-6-5-9-16(12-14)22-15-7-3-2-4-8-15/h2-12H,1H3,(H,19,20). The van der Waals surface area contributed by atoms with Crippen LogP contribution in [0, 0.1) is 6.92 Å². The van der Waals surface area contributed by atoms with E-state index in [0.29, 0.717) is 22.8 Å². The Morgan fingerprint density at radius 1 is 1.00 bits per heavy atom. The number of carbonyl (C=O) groups is 1. The van der Waals surface area contributed by atoms with Gasteiger partial charge < -0.3 is 14.5 Å². The van der Waals surface area contributed by atoms with Gasteiger partial charge in [-0.1, -0.05) is 24.3 Å². The number of ether oxygens (including phenoxy) is 1. The molecule has 3 aromatic rings. The van der Waals surface area contributed by atoms with Gasteiger partial charge in [0.05, 0.1) is 11.8 Å². The molecule has 110 valence electrons. The molecule has 0 atom stereocenters. The van der Waals surface area contributed by atoms with Crippen molar-refractivity contribution >= 4 is 11.6 Å². The predicted octanol–water partition coefficient (Wildman–Crippen LogP) is 4.63. The molecule has 2 aromatic carbocycles. The zero-order valence-electron chi connectivity index (χ0n) is 12.1. The highest BCUT2D eigenvalue weighted by molar-refractivity contribution is 6.04. The molecule has 0 radical (unpaired) electrons. The molecule has 4 nitrogen and oxygen atoms in total. The Hall–Kier alpha value is -3.01. The molecule has 0 bridgehead atoms. The number of para-hydroxylation sites is 1. The largest absolute Gasteiger partial charge is 0.469 e. The summed E-state index contributed by atoms with van der Waals surface area (Å²) in [6.07, 6.45) is 1.50. The summed E-state index contributed by atoms with van der Waals surface area (Å²) in [6.45, 7) is 1.75. The monoisotopic (exact) mass is 293 g/mol. The summed E-state index contributed by atoms with van der Waals surface area (Å²) in [5.41, 5.74) is 1.19. The molecule has 0 saturated heterocycles. The highest BCUT2D eigenvalue weighted by Gasteiger charge is 2.11. The lowest BCUT2D eigenvalue weighted by molar-refractivity contribution is 0.102. The van der Waals surface area contributed by atoms with Gasteiger partial charge in [-0.3, -0.25) is 4.79 Å². The Morgan fingerprint density at radius 2 is 1.77 bits per heavy atom. The molecule has 3 rings (SSSR count). The van der Waals surface area contributed by atoms with E-state index < -0.39 is 0 Å². The van der Waals surface area contributed by atoms with E-state index in [1.807, 2.05) is 48.5 Å². The van der Waals surface area contributed by atoms with Gasteiger partial charge in [-0.15, -0.1) is 0 Å². The van der Waals surface area contributed by atoms with Crippen LogP contribution in [-0.4, -0.2) is 5.91 Å². The molecule has 22 heavy (non-hydrogen) atoms. The van der Waals surface area contributed by atoms with Crippen LogP contribution < -0.4 is 10.1 Å². The van der Waals surface area contributed by atoms with E-state index in [9.17, 15) is 4.79 Å². The average molecular weight is 293 g/mol. The summed E-state index contributed by atoms with van der Waals surface area (Å²) < 4.78 is 10.9. The van der Waals surface area contributed by atoms with Crippen molar-refractivity contribution < 1.29 is 13.9 Å². The first-order chi connectivity index (χ1) is 10.7. The summed E-state index contributed by atoms with van der Waals surface area (Å²) >= 11 is 0. The Balaban J connectivity index is 1.74. The molecule has 1 aromatic heterocycles. The van der Waals surface area contributed by atoms with Crippen molar-refractivity contribution in [3.05, 3.63) is 78.3 Å². The minimum Gasteiger partial charge on any atom is -0.469 e. The quantitative estimate of drug-likeness (QED) is 0.762. The van der Waals surface area contributed by atoms with Crippen LogP contribution in [0.25, 0.3) is 0 Å². The fourth-order valence-electron chi connectivity index (χ4n) is 2.08. The zero-order valence-corrected chi connectivity index (χ0v) is 12.1. The Morgan fingerprint density at radius 3 is 2.50 bits per heavy atom. The highest BCUT2D eigenvalue weighted by Crippen LogP contribution is 2.24. The predicted molar refractivity (Wildman–Crippen MR) is 84.4 cm³/mol. The maximum absolute atomic E-state index is 12.2. The normalized spacial score (nSPS) is 10.2. The van der Waals surface area contributed by atoms with Gasteiger partial charge in [-0.05, 0) is 37.3 Å². The van der Waals surface area contributed by atoms with Crippen molar-refractivity contribution in [1.82, 2.24) is 0 Å². The Labute approximate surface area is 128 Å². The second-order valence-electron chi connectivity index (χ2n) is 4.79. The minimum atomic E-state index is -0.205. The lowest BCUT2D eigenvalue weighted by atomic mass is 10.2. The summed E-state index contributed by atoms with van der Waals surface area (Å²) in [4.78, 5) is 12.2. The average Bonchev–Trinajstić information content (AvgIpc) is 2.95. The van der Waals surface area contributed by atoms with Crippen molar-refractivity contribution in [1.29, 1.82) is 0 Å². The first-order valence-electron chi connectivity index (χ1n) is 6.91. The van der Waals surface area contributed by atoms with Crippen LogP contribution in [0.2, 0.25) is 0 Å². The third-order valence-corrected chi connectivity index (χ3v) is 3.17. The third kappa shape index (κ3) is 3.17. The van der Waals surface area contributed by atoms with Gasteiger partial charge in [0.25, 0.3) is 5.91 Å². The molecule has 1 amide bonds. The first-order valence-corrected chi connectivity index (χ1v) is 6.91. The molecule has 0 fully saturated rings. The Bertz CT molecular complexity index is 778. The molecule has 0 saturated carbocycles. The SMILES string of the molecule is Cc1occc1C(=O)Nc1cccc(Oc2ccccc2)c1. The van der Waals surface area contributed by atoms with Gasteiger partial charge in [-0.2, -0.15) is 0 Å². The molecule has 0 unspecified atom stereocenters. The molecule has 0 aliphatic carbocycles. The van der Waals surface area contributed by atoms with E-state index in [1.54, 1.807) is 19.1 Å². The van der Waals surface area contributed by atoms with Crippen molar-refractivity contribution in [2.75, 3.05) is 5.32 Å². The number of amides is 1. The molecule has 0 spiro atoms. The topological polar surface area (TPSA) is 51.5 Å². The molecule has 0 aliphatic rings. The third-order valence-electron chi connectivity index (χ3n) is 3.17. The Kier molecular flexibility index (Phi) is 3.92. The van der Waals surface area contributed by atoms with Crippen molar-refractivity contribution in [2.24, 2.45) is 0 Å². The zero-order chi connectivity index (χ0) is 15.4. The van der Waals surface area contributed by atoms with Crippen molar-refractivity contribution in [3.8, 4) is 11.5 Å². The number of rotatable bonds is 4. The molecule has 1 heterocycles. The lowest BCUT2D eigenvalue weighted by Crippen LogP contribution is -2.11. The van der Waals surface area contributed by atoms with Crippen LogP contribution in [0.5, 0.6) is 11.5 Å². The minimum absolute atomic E-state index is 0.205. The fourth-order valence-corrected chi connectivity index (χ4v) is 2.08. The van der Waals surface area contributed by atoms with Gasteiger partial charge in [0.15, 0.2) is 0 Å². The summed E-state index contributed by atoms with van der Waals surface area (Å²) in [6, 6.07) is 18.4. The maximum Gasteiger partial charge on any atom is 0.259 e. The van der Waals surface area contributed by atoms with Gasteiger partial charge in [0, 0.05) is 11.8 Å². The van der Waals surface area contributed by atoms with E-state index in [-0.39, 0.29) is 5.91 Å². The molecular weight excluding hydrogens is 278 g/mol. The number of anilines is 1.